The van der Waals surface area contributed by atoms with Crippen LogP contribution in [0.3, 0.4) is 0 Å². The topological polar surface area (TPSA) is 89.3 Å². The third-order valence-corrected chi connectivity index (χ3v) is 3.37. The van der Waals surface area contributed by atoms with E-state index in [2.05, 4.69) is 22.5 Å². The highest BCUT2D eigenvalue weighted by atomic mass is 32.1. The molecule has 0 radical (unpaired) electrons. The summed E-state index contributed by atoms with van der Waals surface area (Å²) in [5, 5.41) is 6.55. The largest absolute Gasteiger partial charge is 0.382 e. The van der Waals surface area contributed by atoms with Crippen molar-refractivity contribution in [2.45, 2.75) is 26.4 Å². The lowest BCUT2D eigenvalue weighted by Gasteiger charge is -2.09. The van der Waals surface area contributed by atoms with Crippen LogP contribution >= 0.6 is 11.3 Å². The van der Waals surface area contributed by atoms with Gasteiger partial charge >= 0.3 is 0 Å². The number of carbonyl (C=O) groups excluding carboxylic acids is 1. The quantitative estimate of drug-likeness (QED) is 0.696. The molecule has 1 atom stereocenters. The molecule has 1 aromatic heterocycles. The molecule has 6 nitrogen and oxygen atoms in total. The van der Waals surface area contributed by atoms with Gasteiger partial charge in [-0.1, -0.05) is 18.3 Å². The predicted octanol–water partition coefficient (Wildman–Crippen LogP) is 1.31. The molecule has 1 amide bonds. The second kappa shape index (κ2) is 7.17. The Hall–Kier alpha value is -1.34. The third-order valence-electron chi connectivity index (χ3n) is 2.34. The molecule has 0 saturated heterocycles. The van der Waals surface area contributed by atoms with Crippen LogP contribution in [-0.2, 0) is 4.74 Å². The number of rotatable bonds is 7. The number of carbonyl (C=O) groups is 1. The first-order chi connectivity index (χ1) is 8.58. The summed E-state index contributed by atoms with van der Waals surface area (Å²) in [5.74, 6) is 0.0552. The molecule has 0 aromatic carbocycles. The van der Waals surface area contributed by atoms with Crippen molar-refractivity contribution in [1.82, 2.24) is 10.3 Å². The zero-order valence-corrected chi connectivity index (χ0v) is 11.8. The van der Waals surface area contributed by atoms with Gasteiger partial charge in [-0.05, 0) is 13.3 Å². The molecule has 0 aliphatic rings. The van der Waals surface area contributed by atoms with Crippen molar-refractivity contribution in [3.05, 3.63) is 4.88 Å². The molecular weight excluding hydrogens is 252 g/mol. The van der Waals surface area contributed by atoms with Gasteiger partial charge in [0.05, 0.1) is 6.10 Å². The highest BCUT2D eigenvalue weighted by Crippen LogP contribution is 2.24. The second-order valence-corrected chi connectivity index (χ2v) is 4.92. The number of nitrogen functional groups attached to an aromatic ring is 1. The van der Waals surface area contributed by atoms with Gasteiger partial charge in [0.25, 0.3) is 5.91 Å². The van der Waals surface area contributed by atoms with Gasteiger partial charge in [-0.2, -0.15) is 0 Å². The summed E-state index contributed by atoms with van der Waals surface area (Å²) in [6.07, 6.45) is 0.965. The summed E-state index contributed by atoms with van der Waals surface area (Å²) in [6.45, 7) is 5.20. The molecule has 1 unspecified atom stereocenters. The van der Waals surface area contributed by atoms with E-state index in [1.54, 1.807) is 7.11 Å². The number of nitrogens with one attached hydrogen (secondary N) is 2. The number of nitrogens with two attached hydrogens (primary N) is 1. The molecule has 0 aliphatic heterocycles. The van der Waals surface area contributed by atoms with Crippen LogP contribution in [0.1, 0.15) is 29.9 Å². The Morgan fingerprint density at radius 2 is 2.33 bits per heavy atom. The molecule has 0 saturated carbocycles. The minimum absolute atomic E-state index is 0.0271. The molecule has 1 aromatic rings. The maximum Gasteiger partial charge on any atom is 0.265 e. The van der Waals surface area contributed by atoms with Crippen LogP contribution in [0.5, 0.6) is 0 Å². The van der Waals surface area contributed by atoms with Gasteiger partial charge in [-0.15, -0.1) is 0 Å². The Kier molecular flexibility index (Phi) is 5.87. The van der Waals surface area contributed by atoms with Crippen LogP contribution in [0, 0.1) is 0 Å². The van der Waals surface area contributed by atoms with Crippen LogP contribution in [0.25, 0.3) is 0 Å². The van der Waals surface area contributed by atoms with Crippen molar-refractivity contribution in [1.29, 1.82) is 0 Å². The normalized spacial score (nSPS) is 12.2. The Labute approximate surface area is 111 Å². The monoisotopic (exact) mass is 272 g/mol. The second-order valence-electron chi connectivity index (χ2n) is 3.92. The Balaban J connectivity index is 2.59. The van der Waals surface area contributed by atoms with E-state index in [4.69, 9.17) is 10.5 Å². The highest BCUT2D eigenvalue weighted by Gasteiger charge is 2.16. The number of hydrogen-bond donors (Lipinski definition) is 3. The van der Waals surface area contributed by atoms with Gasteiger partial charge in [0, 0.05) is 20.2 Å². The highest BCUT2D eigenvalue weighted by molar-refractivity contribution is 7.18. The van der Waals surface area contributed by atoms with Crippen LogP contribution < -0.4 is 16.4 Å². The lowest BCUT2D eigenvalue weighted by atomic mass is 10.4. The first-order valence-corrected chi connectivity index (χ1v) is 6.71. The predicted molar refractivity (Wildman–Crippen MR) is 74.1 cm³/mol. The number of anilines is 2. The van der Waals surface area contributed by atoms with E-state index in [1.165, 1.54) is 11.3 Å². The van der Waals surface area contributed by atoms with Crippen molar-refractivity contribution in [2.75, 3.05) is 31.2 Å². The van der Waals surface area contributed by atoms with Gasteiger partial charge in [-0.3, -0.25) is 4.79 Å². The molecule has 0 bridgehead atoms. The molecule has 1 rings (SSSR count). The number of methoxy groups -OCH3 is 1. The van der Waals surface area contributed by atoms with Crippen molar-refractivity contribution in [3.63, 3.8) is 0 Å². The van der Waals surface area contributed by atoms with Gasteiger partial charge < -0.3 is 21.1 Å². The minimum atomic E-state index is -0.210. The zero-order valence-electron chi connectivity index (χ0n) is 10.9. The lowest BCUT2D eigenvalue weighted by Crippen LogP contribution is -2.31. The maximum absolute atomic E-state index is 11.9. The number of thiazole rings is 1. The fraction of sp³-hybridized carbons (Fsp3) is 0.636. The summed E-state index contributed by atoms with van der Waals surface area (Å²) in [5.41, 5.74) is 5.72. The fourth-order valence-electron chi connectivity index (χ4n) is 1.20. The molecule has 4 N–H and O–H groups in total. The van der Waals surface area contributed by atoms with E-state index >= 15 is 0 Å². The first kappa shape index (κ1) is 14.7. The zero-order chi connectivity index (χ0) is 13.5. The summed E-state index contributed by atoms with van der Waals surface area (Å²) in [4.78, 5) is 16.4. The molecule has 0 aliphatic carbocycles. The molecule has 18 heavy (non-hydrogen) atoms. The summed E-state index contributed by atoms with van der Waals surface area (Å²) in [7, 11) is 1.60. The average Bonchev–Trinajstić information content (AvgIpc) is 2.74. The minimum Gasteiger partial charge on any atom is -0.382 e. The first-order valence-electron chi connectivity index (χ1n) is 5.89. The number of ether oxygens (including phenoxy) is 1. The average molecular weight is 272 g/mol. The van der Waals surface area contributed by atoms with E-state index in [1.807, 2.05) is 6.92 Å². The van der Waals surface area contributed by atoms with Crippen LogP contribution in [0.2, 0.25) is 0 Å². The van der Waals surface area contributed by atoms with Crippen molar-refractivity contribution >= 4 is 28.2 Å². The summed E-state index contributed by atoms with van der Waals surface area (Å²) in [6, 6.07) is 0. The van der Waals surface area contributed by atoms with E-state index in [0.717, 1.165) is 13.0 Å². The van der Waals surface area contributed by atoms with Crippen molar-refractivity contribution in [2.24, 2.45) is 0 Å². The Bertz CT molecular complexity index is 394. The summed E-state index contributed by atoms with van der Waals surface area (Å²) >= 11 is 1.27. The van der Waals surface area contributed by atoms with Crippen LogP contribution in [0.4, 0.5) is 10.9 Å². The van der Waals surface area contributed by atoms with E-state index in [-0.39, 0.29) is 17.8 Å². The standard InChI is InChI=1S/C11H20N4O2S/c1-4-5-13-11-15-9(12)8(18-11)10(16)14-6-7(2)17-3/h7H,4-6,12H2,1-3H3,(H,13,15)(H,14,16). The van der Waals surface area contributed by atoms with Gasteiger partial charge in [0.2, 0.25) is 0 Å². The fourth-order valence-corrected chi connectivity index (χ4v) is 2.03. The van der Waals surface area contributed by atoms with Crippen molar-refractivity contribution < 1.29 is 9.53 Å². The summed E-state index contributed by atoms with van der Waals surface area (Å²) < 4.78 is 5.05. The number of nitrogens with zero attached hydrogens (tertiary/aromatic N) is 1. The number of hydrogen-bond acceptors (Lipinski definition) is 6. The van der Waals surface area contributed by atoms with Gasteiger partial charge in [0.15, 0.2) is 5.13 Å². The molecule has 0 spiro atoms. The van der Waals surface area contributed by atoms with Crippen molar-refractivity contribution in [3.8, 4) is 0 Å². The molecule has 0 fully saturated rings. The Morgan fingerprint density at radius 1 is 1.61 bits per heavy atom. The molecule has 7 heteroatoms. The Morgan fingerprint density at radius 3 is 2.94 bits per heavy atom. The molecule has 102 valence electrons. The van der Waals surface area contributed by atoms with E-state index in [9.17, 15) is 4.79 Å². The van der Waals surface area contributed by atoms with Gasteiger partial charge in [-0.25, -0.2) is 4.98 Å². The van der Waals surface area contributed by atoms with Crippen LogP contribution in [-0.4, -0.2) is 37.2 Å². The smallest absolute Gasteiger partial charge is 0.265 e. The number of amides is 1. The molecule has 1 heterocycles. The SMILES string of the molecule is CCCNc1nc(N)c(C(=O)NCC(C)OC)s1. The maximum atomic E-state index is 11.9. The molecular formula is C11H20N4O2S. The number of aromatic nitrogens is 1. The van der Waals surface area contributed by atoms with Gasteiger partial charge in [0.1, 0.15) is 10.7 Å². The van der Waals surface area contributed by atoms with E-state index < -0.39 is 0 Å². The third kappa shape index (κ3) is 4.15. The van der Waals surface area contributed by atoms with Crippen LogP contribution in [0.15, 0.2) is 0 Å². The lowest BCUT2D eigenvalue weighted by molar-refractivity contribution is 0.0874. The van der Waals surface area contributed by atoms with E-state index in [0.29, 0.717) is 16.6 Å².